The van der Waals surface area contributed by atoms with E-state index in [1.165, 1.54) is 19.2 Å². The van der Waals surface area contributed by atoms with Crippen LogP contribution in [0.25, 0.3) is 10.9 Å². The van der Waals surface area contributed by atoms with Crippen LogP contribution < -0.4 is 4.74 Å². The summed E-state index contributed by atoms with van der Waals surface area (Å²) < 4.78 is 5.05. The number of aliphatic carboxylic acids is 1. The van der Waals surface area contributed by atoms with Gasteiger partial charge in [-0.3, -0.25) is 4.79 Å². The number of rotatable bonds is 3. The maximum absolute atomic E-state index is 10.6. The first kappa shape index (κ1) is 11.1. The molecule has 6 nitrogen and oxygen atoms in total. The van der Waals surface area contributed by atoms with Gasteiger partial charge in [-0.25, -0.2) is 4.98 Å². The van der Waals surface area contributed by atoms with Crippen molar-refractivity contribution in [2.24, 2.45) is 0 Å². The highest BCUT2D eigenvalue weighted by Gasteiger charge is 2.11. The van der Waals surface area contributed by atoms with Gasteiger partial charge in [-0.2, -0.15) is 4.98 Å². The van der Waals surface area contributed by atoms with Crippen molar-refractivity contribution in [1.29, 1.82) is 0 Å². The molecule has 1 aromatic carbocycles. The van der Waals surface area contributed by atoms with Crippen LogP contribution in [-0.4, -0.2) is 33.3 Å². The highest BCUT2D eigenvalue weighted by molar-refractivity contribution is 5.85. The van der Waals surface area contributed by atoms with Crippen molar-refractivity contribution in [1.82, 2.24) is 9.97 Å². The van der Waals surface area contributed by atoms with Gasteiger partial charge in [0, 0.05) is 0 Å². The Balaban J connectivity index is 2.61. The van der Waals surface area contributed by atoms with Crippen LogP contribution in [0, 0.1) is 0 Å². The van der Waals surface area contributed by atoms with E-state index in [9.17, 15) is 9.90 Å². The molecule has 0 fully saturated rings. The Hall–Kier alpha value is -2.37. The van der Waals surface area contributed by atoms with Crippen molar-refractivity contribution in [3.63, 3.8) is 0 Å². The smallest absolute Gasteiger partial charge is 0.311 e. The fourth-order valence-electron chi connectivity index (χ4n) is 1.50. The molecule has 0 saturated carbocycles. The molecule has 0 radical (unpaired) electrons. The summed E-state index contributed by atoms with van der Waals surface area (Å²) in [6, 6.07) is 4.53. The fraction of sp³-hybridized carbons (Fsp3) is 0.182. The minimum Gasteiger partial charge on any atom is -0.508 e. The molecule has 2 rings (SSSR count). The number of carbonyl (C=O) groups is 1. The topological polar surface area (TPSA) is 92.5 Å². The third-order valence-corrected chi connectivity index (χ3v) is 2.19. The molecule has 17 heavy (non-hydrogen) atoms. The van der Waals surface area contributed by atoms with Crippen LogP contribution in [-0.2, 0) is 11.2 Å². The van der Waals surface area contributed by atoms with Crippen LogP contribution in [0.3, 0.4) is 0 Å². The first-order chi connectivity index (χ1) is 8.10. The van der Waals surface area contributed by atoms with Crippen molar-refractivity contribution in [2.45, 2.75) is 6.42 Å². The molecule has 88 valence electrons. The Morgan fingerprint density at radius 3 is 2.82 bits per heavy atom. The molecular formula is C11H10N2O4. The lowest BCUT2D eigenvalue weighted by molar-refractivity contribution is -0.136. The van der Waals surface area contributed by atoms with Gasteiger partial charge < -0.3 is 14.9 Å². The molecule has 2 N–H and O–H groups in total. The minimum absolute atomic E-state index is 0.0744. The molecule has 0 unspecified atom stereocenters. The lowest BCUT2D eigenvalue weighted by Crippen LogP contribution is -2.06. The number of phenols is 1. The molecule has 1 aromatic heterocycles. The van der Waals surface area contributed by atoms with Gasteiger partial charge in [0.25, 0.3) is 0 Å². The summed E-state index contributed by atoms with van der Waals surface area (Å²) in [6.45, 7) is 0. The van der Waals surface area contributed by atoms with Crippen LogP contribution in [0.5, 0.6) is 11.6 Å². The van der Waals surface area contributed by atoms with Crippen LogP contribution in [0.4, 0.5) is 0 Å². The summed E-state index contributed by atoms with van der Waals surface area (Å²) in [7, 11) is 1.43. The van der Waals surface area contributed by atoms with Crippen LogP contribution >= 0.6 is 0 Å². The summed E-state index contributed by atoms with van der Waals surface area (Å²) in [5, 5.41) is 18.6. The third-order valence-electron chi connectivity index (χ3n) is 2.19. The standard InChI is InChI=1S/C11H10N2O4/c1-17-11-7-4-6(14)2-3-8(7)12-9(13-11)5-10(15)16/h2-4,14H,5H2,1H3,(H,15,16). The Morgan fingerprint density at radius 1 is 1.41 bits per heavy atom. The highest BCUT2D eigenvalue weighted by atomic mass is 16.5. The number of fused-ring (bicyclic) bond motifs is 1. The molecule has 0 aliphatic rings. The number of aromatic hydroxyl groups is 1. The van der Waals surface area contributed by atoms with Crippen molar-refractivity contribution in [3.8, 4) is 11.6 Å². The number of phenolic OH excluding ortho intramolecular Hbond substituents is 1. The molecule has 0 atom stereocenters. The van der Waals surface area contributed by atoms with E-state index in [2.05, 4.69) is 9.97 Å². The quantitative estimate of drug-likeness (QED) is 0.822. The minimum atomic E-state index is -1.01. The first-order valence-electron chi connectivity index (χ1n) is 4.85. The predicted octanol–water partition coefficient (Wildman–Crippen LogP) is 0.971. The van der Waals surface area contributed by atoms with E-state index in [0.717, 1.165) is 0 Å². The highest BCUT2D eigenvalue weighted by Crippen LogP contribution is 2.25. The third kappa shape index (κ3) is 2.25. The Morgan fingerprint density at radius 2 is 2.18 bits per heavy atom. The van der Waals surface area contributed by atoms with E-state index in [1.807, 2.05) is 0 Å². The number of carboxylic acid groups (broad SMARTS) is 1. The van der Waals surface area contributed by atoms with Gasteiger partial charge in [-0.05, 0) is 18.2 Å². The van der Waals surface area contributed by atoms with Gasteiger partial charge in [0.15, 0.2) is 0 Å². The van der Waals surface area contributed by atoms with Crippen LogP contribution in [0.2, 0.25) is 0 Å². The Bertz CT molecular complexity index is 583. The lowest BCUT2D eigenvalue weighted by Gasteiger charge is -2.06. The number of methoxy groups -OCH3 is 1. The van der Waals surface area contributed by atoms with Crippen molar-refractivity contribution in [2.75, 3.05) is 7.11 Å². The number of aromatic nitrogens is 2. The van der Waals surface area contributed by atoms with Crippen molar-refractivity contribution < 1.29 is 19.7 Å². The zero-order valence-corrected chi connectivity index (χ0v) is 9.04. The number of ether oxygens (including phenoxy) is 1. The summed E-state index contributed by atoms with van der Waals surface area (Å²) >= 11 is 0. The van der Waals surface area contributed by atoms with Crippen LogP contribution in [0.15, 0.2) is 18.2 Å². The predicted molar refractivity (Wildman–Crippen MR) is 59.1 cm³/mol. The van der Waals surface area contributed by atoms with E-state index in [1.54, 1.807) is 6.07 Å². The normalized spacial score (nSPS) is 10.4. The van der Waals surface area contributed by atoms with Crippen molar-refractivity contribution >= 4 is 16.9 Å². The number of benzene rings is 1. The molecule has 0 aliphatic carbocycles. The van der Waals surface area contributed by atoms with Crippen molar-refractivity contribution in [3.05, 3.63) is 24.0 Å². The largest absolute Gasteiger partial charge is 0.508 e. The van der Waals surface area contributed by atoms with Gasteiger partial charge in [0.2, 0.25) is 5.88 Å². The van der Waals surface area contributed by atoms with Gasteiger partial charge >= 0.3 is 5.97 Å². The SMILES string of the molecule is COc1nc(CC(=O)O)nc2ccc(O)cc12. The maximum atomic E-state index is 10.6. The zero-order chi connectivity index (χ0) is 12.4. The van der Waals surface area contributed by atoms with E-state index in [0.29, 0.717) is 10.9 Å². The van der Waals surface area contributed by atoms with E-state index in [-0.39, 0.29) is 23.9 Å². The fourth-order valence-corrected chi connectivity index (χ4v) is 1.50. The van der Waals surface area contributed by atoms with Gasteiger partial charge in [0.05, 0.1) is 18.0 Å². The molecule has 0 saturated heterocycles. The number of nitrogens with zero attached hydrogens (tertiary/aromatic N) is 2. The van der Waals surface area contributed by atoms with Crippen LogP contribution in [0.1, 0.15) is 5.82 Å². The number of hydrogen-bond donors (Lipinski definition) is 2. The molecule has 0 amide bonds. The molecular weight excluding hydrogens is 224 g/mol. The second kappa shape index (κ2) is 4.25. The monoisotopic (exact) mass is 234 g/mol. The second-order valence-corrected chi connectivity index (χ2v) is 3.42. The average Bonchev–Trinajstić information content (AvgIpc) is 2.27. The number of hydrogen-bond acceptors (Lipinski definition) is 5. The van der Waals surface area contributed by atoms with Gasteiger partial charge in [0.1, 0.15) is 18.0 Å². The summed E-state index contributed by atoms with van der Waals surface area (Å²) in [4.78, 5) is 18.7. The van der Waals surface area contributed by atoms with Gasteiger partial charge in [-0.15, -0.1) is 0 Å². The number of carboxylic acids is 1. The first-order valence-corrected chi connectivity index (χ1v) is 4.85. The molecule has 0 aliphatic heterocycles. The van der Waals surface area contributed by atoms with E-state index < -0.39 is 5.97 Å². The lowest BCUT2D eigenvalue weighted by atomic mass is 10.2. The second-order valence-electron chi connectivity index (χ2n) is 3.42. The molecule has 0 spiro atoms. The maximum Gasteiger partial charge on any atom is 0.311 e. The molecule has 1 heterocycles. The summed E-state index contributed by atoms with van der Waals surface area (Å²) in [6.07, 6.45) is -0.271. The molecule has 6 heteroatoms. The molecule has 2 aromatic rings. The summed E-state index contributed by atoms with van der Waals surface area (Å²) in [5.41, 5.74) is 0.533. The van der Waals surface area contributed by atoms with E-state index in [4.69, 9.17) is 9.84 Å². The summed E-state index contributed by atoms with van der Waals surface area (Å²) in [5.74, 6) is -0.509. The Kier molecular flexibility index (Phi) is 2.78. The Labute approximate surface area is 96.5 Å². The average molecular weight is 234 g/mol. The van der Waals surface area contributed by atoms with E-state index >= 15 is 0 Å². The molecule has 0 bridgehead atoms. The van der Waals surface area contributed by atoms with Gasteiger partial charge in [-0.1, -0.05) is 0 Å². The zero-order valence-electron chi connectivity index (χ0n) is 9.04.